The largest absolute Gasteiger partial charge is 0.462 e. The number of allylic oxidation sites excluding steroid dienone is 6. The molecule has 0 saturated carbocycles. The third-order valence-electron chi connectivity index (χ3n) is 13.6. The maximum atomic E-state index is 12.9. The van der Waals surface area contributed by atoms with Crippen molar-refractivity contribution in [3.8, 4) is 0 Å². The van der Waals surface area contributed by atoms with E-state index in [1.54, 1.807) is 0 Å². The highest BCUT2D eigenvalue weighted by Gasteiger charge is 2.19. The number of ether oxygens (including phenoxy) is 3. The molecule has 1 atom stereocenters. The summed E-state index contributed by atoms with van der Waals surface area (Å²) in [4.78, 5) is 38.2. The van der Waals surface area contributed by atoms with E-state index in [1.165, 1.54) is 212 Å². The van der Waals surface area contributed by atoms with Crippen LogP contribution in [0.15, 0.2) is 36.5 Å². The monoisotopic (exact) mass is 969 g/mol. The van der Waals surface area contributed by atoms with Gasteiger partial charge >= 0.3 is 17.9 Å². The van der Waals surface area contributed by atoms with E-state index in [1.807, 2.05) is 0 Å². The van der Waals surface area contributed by atoms with Crippen LogP contribution < -0.4 is 0 Å². The van der Waals surface area contributed by atoms with Crippen molar-refractivity contribution in [2.45, 2.75) is 335 Å². The fourth-order valence-electron chi connectivity index (χ4n) is 9.00. The van der Waals surface area contributed by atoms with Gasteiger partial charge in [-0.3, -0.25) is 14.4 Å². The minimum Gasteiger partial charge on any atom is -0.462 e. The van der Waals surface area contributed by atoms with Gasteiger partial charge in [0, 0.05) is 19.3 Å². The predicted molar refractivity (Wildman–Crippen MR) is 298 cm³/mol. The lowest BCUT2D eigenvalue weighted by Crippen LogP contribution is -2.30. The molecular formula is C63H116O6. The highest BCUT2D eigenvalue weighted by molar-refractivity contribution is 5.71. The molecule has 404 valence electrons. The Labute approximate surface area is 429 Å². The predicted octanol–water partition coefficient (Wildman–Crippen LogP) is 20.4. The molecule has 0 saturated heterocycles. The van der Waals surface area contributed by atoms with Crippen molar-refractivity contribution in [3.05, 3.63) is 36.5 Å². The summed E-state index contributed by atoms with van der Waals surface area (Å²) < 4.78 is 16.9. The van der Waals surface area contributed by atoms with Crippen molar-refractivity contribution in [3.63, 3.8) is 0 Å². The van der Waals surface area contributed by atoms with Gasteiger partial charge in [-0.05, 0) is 77.0 Å². The SMILES string of the molecule is CCCCCC/C=C\C/C=C\CCCCCCCCCC(=O)OCC(COC(=O)CCCCCCC/C=C\CCCCCCCC)OC(=O)CCCCCCCCCCCCCCCCCCCC. The molecule has 0 aromatic rings. The molecule has 1 unspecified atom stereocenters. The molecule has 0 heterocycles. The van der Waals surface area contributed by atoms with Crippen molar-refractivity contribution < 1.29 is 28.6 Å². The minimum absolute atomic E-state index is 0.0752. The Hall–Kier alpha value is -2.37. The standard InChI is InChI=1S/C63H116O6/c1-4-7-10-13-16-19-22-25-28-30-32-35-38-41-44-47-50-53-56-62(65)68-59-60(58-67-61(64)55-52-49-46-43-40-37-34-27-24-21-18-15-12-9-6-3)69-63(66)57-54-51-48-45-42-39-36-33-31-29-26-23-20-17-14-11-8-5-2/h19,22,27-28,30,34,60H,4-18,20-21,23-26,29,31-33,35-59H2,1-3H3/b22-19-,30-28-,34-27-. The summed E-state index contributed by atoms with van der Waals surface area (Å²) in [7, 11) is 0. The Balaban J connectivity index is 4.35. The van der Waals surface area contributed by atoms with E-state index in [-0.39, 0.29) is 31.1 Å². The summed E-state index contributed by atoms with van der Waals surface area (Å²) in [5.74, 6) is -0.869. The molecule has 0 aliphatic carbocycles. The zero-order chi connectivity index (χ0) is 50.0. The molecule has 0 spiro atoms. The first-order chi connectivity index (χ1) is 34.0. The van der Waals surface area contributed by atoms with Crippen LogP contribution in [0.1, 0.15) is 329 Å². The van der Waals surface area contributed by atoms with Crippen LogP contribution in [0.5, 0.6) is 0 Å². The molecule has 6 heteroatoms. The molecule has 0 N–H and O–H groups in total. The Morgan fingerprint density at radius 3 is 0.826 bits per heavy atom. The number of hydrogen-bond donors (Lipinski definition) is 0. The van der Waals surface area contributed by atoms with Gasteiger partial charge in [0.25, 0.3) is 0 Å². The van der Waals surface area contributed by atoms with Crippen LogP contribution in [-0.4, -0.2) is 37.2 Å². The third kappa shape index (κ3) is 56.4. The minimum atomic E-state index is -0.776. The Bertz CT molecular complexity index is 1160. The van der Waals surface area contributed by atoms with E-state index in [0.717, 1.165) is 77.0 Å². The van der Waals surface area contributed by atoms with E-state index in [9.17, 15) is 14.4 Å². The molecule has 69 heavy (non-hydrogen) atoms. The number of rotatable bonds is 56. The maximum Gasteiger partial charge on any atom is 0.306 e. The maximum absolute atomic E-state index is 12.9. The second-order valence-electron chi connectivity index (χ2n) is 20.6. The molecule has 0 amide bonds. The number of unbranched alkanes of at least 4 members (excludes halogenated alkanes) is 39. The Kier molecular flexibility index (Phi) is 56.2. The number of esters is 3. The van der Waals surface area contributed by atoms with E-state index < -0.39 is 6.10 Å². The normalized spacial score (nSPS) is 12.2. The second-order valence-corrected chi connectivity index (χ2v) is 20.6. The van der Waals surface area contributed by atoms with Crippen LogP contribution in [0.25, 0.3) is 0 Å². The van der Waals surface area contributed by atoms with Gasteiger partial charge in [-0.25, -0.2) is 0 Å². The van der Waals surface area contributed by atoms with Crippen molar-refractivity contribution in [1.82, 2.24) is 0 Å². The highest BCUT2D eigenvalue weighted by atomic mass is 16.6. The average molecular weight is 970 g/mol. The molecule has 0 aromatic carbocycles. The van der Waals surface area contributed by atoms with Gasteiger partial charge in [-0.2, -0.15) is 0 Å². The third-order valence-corrected chi connectivity index (χ3v) is 13.6. The van der Waals surface area contributed by atoms with Crippen molar-refractivity contribution in [2.75, 3.05) is 13.2 Å². The molecule has 0 aromatic heterocycles. The summed E-state index contributed by atoms with van der Waals surface area (Å²) in [6.45, 7) is 6.66. The molecule has 0 aliphatic rings. The number of hydrogen-bond acceptors (Lipinski definition) is 6. The first-order valence-corrected chi connectivity index (χ1v) is 30.5. The van der Waals surface area contributed by atoms with E-state index in [0.29, 0.717) is 19.3 Å². The lowest BCUT2D eigenvalue weighted by Gasteiger charge is -2.18. The summed E-state index contributed by atoms with van der Waals surface area (Å²) >= 11 is 0. The topological polar surface area (TPSA) is 78.9 Å². The molecule has 0 fully saturated rings. The Morgan fingerprint density at radius 1 is 0.290 bits per heavy atom. The molecule has 0 rings (SSSR count). The molecular weight excluding hydrogens is 853 g/mol. The summed E-state index contributed by atoms with van der Waals surface area (Å²) in [6, 6.07) is 0. The summed E-state index contributed by atoms with van der Waals surface area (Å²) in [5, 5.41) is 0. The second kappa shape index (κ2) is 58.2. The fourth-order valence-corrected chi connectivity index (χ4v) is 9.00. The highest BCUT2D eigenvalue weighted by Crippen LogP contribution is 2.17. The lowest BCUT2D eigenvalue weighted by molar-refractivity contribution is -0.167. The lowest BCUT2D eigenvalue weighted by atomic mass is 10.0. The van der Waals surface area contributed by atoms with E-state index in [2.05, 4.69) is 57.2 Å². The van der Waals surface area contributed by atoms with Crippen LogP contribution in [-0.2, 0) is 28.6 Å². The molecule has 0 aliphatic heterocycles. The van der Waals surface area contributed by atoms with Gasteiger partial charge in [0.1, 0.15) is 13.2 Å². The number of carbonyl (C=O) groups is 3. The van der Waals surface area contributed by atoms with Crippen molar-refractivity contribution in [1.29, 1.82) is 0 Å². The van der Waals surface area contributed by atoms with E-state index in [4.69, 9.17) is 14.2 Å². The fraction of sp³-hybridized carbons (Fsp3) is 0.857. The smallest absolute Gasteiger partial charge is 0.306 e. The van der Waals surface area contributed by atoms with Gasteiger partial charge < -0.3 is 14.2 Å². The zero-order valence-electron chi connectivity index (χ0n) is 46.3. The van der Waals surface area contributed by atoms with Gasteiger partial charge in [0.05, 0.1) is 0 Å². The van der Waals surface area contributed by atoms with Gasteiger partial charge in [-0.1, -0.05) is 269 Å². The summed E-state index contributed by atoms with van der Waals surface area (Å²) in [5.41, 5.74) is 0. The van der Waals surface area contributed by atoms with Crippen LogP contribution in [0, 0.1) is 0 Å². The van der Waals surface area contributed by atoms with Gasteiger partial charge in [0.15, 0.2) is 6.10 Å². The van der Waals surface area contributed by atoms with Gasteiger partial charge in [0.2, 0.25) is 0 Å². The molecule has 0 radical (unpaired) electrons. The van der Waals surface area contributed by atoms with Crippen LogP contribution in [0.4, 0.5) is 0 Å². The average Bonchev–Trinajstić information content (AvgIpc) is 3.35. The van der Waals surface area contributed by atoms with Crippen LogP contribution in [0.2, 0.25) is 0 Å². The molecule has 6 nitrogen and oxygen atoms in total. The quantitative estimate of drug-likeness (QED) is 0.0261. The van der Waals surface area contributed by atoms with E-state index >= 15 is 0 Å². The first kappa shape index (κ1) is 66.6. The van der Waals surface area contributed by atoms with Gasteiger partial charge in [-0.15, -0.1) is 0 Å². The first-order valence-electron chi connectivity index (χ1n) is 30.5. The molecule has 0 bridgehead atoms. The van der Waals surface area contributed by atoms with Crippen molar-refractivity contribution >= 4 is 17.9 Å². The number of carbonyl (C=O) groups excluding carboxylic acids is 3. The van der Waals surface area contributed by atoms with Crippen molar-refractivity contribution in [2.24, 2.45) is 0 Å². The van der Waals surface area contributed by atoms with Crippen LogP contribution in [0.3, 0.4) is 0 Å². The van der Waals surface area contributed by atoms with Crippen LogP contribution >= 0.6 is 0 Å². The zero-order valence-corrected chi connectivity index (χ0v) is 46.3. The summed E-state index contributed by atoms with van der Waals surface area (Å²) in [6.07, 6.45) is 69.9. The Morgan fingerprint density at radius 2 is 0.522 bits per heavy atom.